The Kier molecular flexibility index (Phi) is 50.3. The lowest BCUT2D eigenvalue weighted by Crippen LogP contribution is -2.30. The van der Waals surface area contributed by atoms with Crippen molar-refractivity contribution in [3.63, 3.8) is 0 Å². The maximum atomic E-state index is 12.8. The average molecular weight is 885 g/mol. The molecule has 0 aliphatic carbocycles. The number of unbranched alkanes of at least 4 members (excludes halogenated alkanes) is 33. The third kappa shape index (κ3) is 50.5. The van der Waals surface area contributed by atoms with Crippen LogP contribution in [0.15, 0.2) is 36.5 Å². The molecule has 0 radical (unpaired) electrons. The summed E-state index contributed by atoms with van der Waals surface area (Å²) >= 11 is 0. The molecule has 0 spiro atoms. The fourth-order valence-electron chi connectivity index (χ4n) is 7.99. The van der Waals surface area contributed by atoms with Gasteiger partial charge in [0.1, 0.15) is 13.2 Å². The van der Waals surface area contributed by atoms with Crippen LogP contribution in [0.5, 0.6) is 0 Å². The van der Waals surface area contributed by atoms with Crippen LogP contribution in [-0.4, -0.2) is 37.2 Å². The molecule has 1 atom stereocenters. The minimum absolute atomic E-state index is 0.0830. The van der Waals surface area contributed by atoms with Crippen molar-refractivity contribution in [1.82, 2.24) is 0 Å². The van der Waals surface area contributed by atoms with Crippen LogP contribution in [0, 0.1) is 0 Å². The Hall–Kier alpha value is -2.37. The zero-order chi connectivity index (χ0) is 45.8. The van der Waals surface area contributed by atoms with Gasteiger partial charge in [-0.15, -0.1) is 0 Å². The van der Waals surface area contributed by atoms with Gasteiger partial charge in [0.25, 0.3) is 0 Å². The largest absolute Gasteiger partial charge is 0.462 e. The van der Waals surface area contributed by atoms with Crippen LogP contribution < -0.4 is 0 Å². The average Bonchev–Trinajstić information content (AvgIpc) is 3.28. The molecular formula is C57H104O6. The maximum absolute atomic E-state index is 12.8. The molecule has 0 aromatic heterocycles. The van der Waals surface area contributed by atoms with Crippen LogP contribution in [-0.2, 0) is 28.6 Å². The van der Waals surface area contributed by atoms with Crippen LogP contribution in [0.4, 0.5) is 0 Å². The van der Waals surface area contributed by atoms with E-state index in [0.29, 0.717) is 25.7 Å². The van der Waals surface area contributed by atoms with Gasteiger partial charge in [0, 0.05) is 19.3 Å². The van der Waals surface area contributed by atoms with Crippen molar-refractivity contribution in [2.45, 2.75) is 297 Å². The van der Waals surface area contributed by atoms with Gasteiger partial charge in [0.15, 0.2) is 6.10 Å². The first kappa shape index (κ1) is 60.6. The van der Waals surface area contributed by atoms with Gasteiger partial charge in [-0.3, -0.25) is 14.4 Å². The maximum Gasteiger partial charge on any atom is 0.306 e. The first-order chi connectivity index (χ1) is 31.0. The predicted molar refractivity (Wildman–Crippen MR) is 270 cm³/mol. The Balaban J connectivity index is 4.41. The van der Waals surface area contributed by atoms with Gasteiger partial charge in [0.2, 0.25) is 0 Å². The molecule has 0 aromatic carbocycles. The first-order valence-electron chi connectivity index (χ1n) is 27.5. The fourth-order valence-corrected chi connectivity index (χ4v) is 7.99. The third-order valence-corrected chi connectivity index (χ3v) is 12.1. The number of rotatable bonds is 50. The lowest BCUT2D eigenvalue weighted by atomic mass is 10.0. The molecule has 0 saturated carbocycles. The monoisotopic (exact) mass is 885 g/mol. The van der Waals surface area contributed by atoms with E-state index in [-0.39, 0.29) is 31.1 Å². The Morgan fingerprint density at radius 1 is 0.317 bits per heavy atom. The van der Waals surface area contributed by atoms with Crippen molar-refractivity contribution in [2.24, 2.45) is 0 Å². The topological polar surface area (TPSA) is 78.9 Å². The van der Waals surface area contributed by atoms with Gasteiger partial charge in [-0.1, -0.05) is 256 Å². The van der Waals surface area contributed by atoms with Crippen molar-refractivity contribution >= 4 is 17.9 Å². The quantitative estimate of drug-likeness (QED) is 0.0262. The standard InChI is InChI=1S/C57H104O6/c1-4-7-10-13-16-19-22-25-27-28-30-32-35-38-41-44-47-50-56(59)62-53-54(52-61-55(58)49-46-43-40-37-34-31-24-21-18-15-12-9-6-3)63-57(60)51-48-45-42-39-36-33-29-26-23-20-17-14-11-8-5-2/h25,27,30,32,38,41,54H,4-24,26,28-29,31,33-37,39-40,42-53H2,1-3H3/b27-25-,32-30-,41-38-/t54-/m0/s1. The van der Waals surface area contributed by atoms with E-state index in [2.05, 4.69) is 57.2 Å². The Morgan fingerprint density at radius 2 is 0.587 bits per heavy atom. The molecule has 0 heterocycles. The van der Waals surface area contributed by atoms with Gasteiger partial charge in [-0.05, 0) is 51.4 Å². The van der Waals surface area contributed by atoms with E-state index < -0.39 is 6.10 Å². The molecule has 0 saturated heterocycles. The number of allylic oxidation sites excluding steroid dienone is 6. The number of ether oxygens (including phenoxy) is 3. The lowest BCUT2D eigenvalue weighted by Gasteiger charge is -2.18. The summed E-state index contributed by atoms with van der Waals surface area (Å²) in [6.45, 7) is 6.62. The van der Waals surface area contributed by atoms with Crippen molar-refractivity contribution in [3.8, 4) is 0 Å². The molecule has 368 valence electrons. The zero-order valence-electron chi connectivity index (χ0n) is 42.1. The Morgan fingerprint density at radius 3 is 0.952 bits per heavy atom. The number of hydrogen-bond donors (Lipinski definition) is 0. The Bertz CT molecular complexity index is 1060. The van der Waals surface area contributed by atoms with Gasteiger partial charge in [0.05, 0.1) is 0 Å². The second kappa shape index (κ2) is 52.3. The highest BCUT2D eigenvalue weighted by Crippen LogP contribution is 2.16. The molecule has 0 aliphatic heterocycles. The van der Waals surface area contributed by atoms with Crippen molar-refractivity contribution in [3.05, 3.63) is 36.5 Å². The molecule has 0 aromatic rings. The van der Waals surface area contributed by atoms with E-state index in [1.165, 1.54) is 186 Å². The van der Waals surface area contributed by atoms with Crippen molar-refractivity contribution in [2.75, 3.05) is 13.2 Å². The Labute approximate surface area is 391 Å². The highest BCUT2D eigenvalue weighted by atomic mass is 16.6. The van der Waals surface area contributed by atoms with Gasteiger partial charge in [-0.25, -0.2) is 0 Å². The summed E-state index contributed by atoms with van der Waals surface area (Å²) in [7, 11) is 0. The molecule has 0 rings (SSSR count). The smallest absolute Gasteiger partial charge is 0.306 e. The van der Waals surface area contributed by atoms with E-state index >= 15 is 0 Å². The normalized spacial score (nSPS) is 12.2. The van der Waals surface area contributed by atoms with Gasteiger partial charge >= 0.3 is 17.9 Å². The highest BCUT2D eigenvalue weighted by molar-refractivity contribution is 5.71. The molecule has 0 N–H and O–H groups in total. The predicted octanol–water partition coefficient (Wildman–Crippen LogP) is 18.1. The second-order valence-corrected chi connectivity index (χ2v) is 18.5. The van der Waals surface area contributed by atoms with Crippen LogP contribution in [0.1, 0.15) is 290 Å². The SMILES string of the molecule is CCCCCCCC/C=C\C/C=C\C/C=C\CCCC(=O)OC[C@H](COC(=O)CCCCCCCCCCCCCCC)OC(=O)CCCCCCCCCCCCCCCCC. The molecule has 0 bridgehead atoms. The molecular weight excluding hydrogens is 781 g/mol. The molecule has 0 fully saturated rings. The number of carbonyl (C=O) groups is 3. The number of esters is 3. The number of hydrogen-bond acceptors (Lipinski definition) is 6. The highest BCUT2D eigenvalue weighted by Gasteiger charge is 2.19. The van der Waals surface area contributed by atoms with E-state index in [4.69, 9.17) is 14.2 Å². The summed E-state index contributed by atoms with van der Waals surface area (Å²) in [5.41, 5.74) is 0. The summed E-state index contributed by atoms with van der Waals surface area (Å²) in [6.07, 6.45) is 61.3. The van der Waals surface area contributed by atoms with E-state index in [9.17, 15) is 14.4 Å². The van der Waals surface area contributed by atoms with Crippen LogP contribution in [0.3, 0.4) is 0 Å². The molecule has 0 amide bonds. The van der Waals surface area contributed by atoms with Crippen LogP contribution >= 0.6 is 0 Å². The summed E-state index contributed by atoms with van der Waals surface area (Å²) in [4.78, 5) is 38.0. The summed E-state index contributed by atoms with van der Waals surface area (Å²) in [5.74, 6) is -0.922. The van der Waals surface area contributed by atoms with E-state index in [1.807, 2.05) is 0 Å². The minimum atomic E-state index is -0.787. The van der Waals surface area contributed by atoms with Crippen LogP contribution in [0.25, 0.3) is 0 Å². The molecule has 0 unspecified atom stereocenters. The van der Waals surface area contributed by atoms with Gasteiger partial charge < -0.3 is 14.2 Å². The van der Waals surface area contributed by atoms with Crippen molar-refractivity contribution in [1.29, 1.82) is 0 Å². The molecule has 63 heavy (non-hydrogen) atoms. The molecule has 0 aliphatic rings. The van der Waals surface area contributed by atoms with Gasteiger partial charge in [-0.2, -0.15) is 0 Å². The van der Waals surface area contributed by atoms with Crippen LogP contribution in [0.2, 0.25) is 0 Å². The molecule has 6 heteroatoms. The van der Waals surface area contributed by atoms with E-state index in [1.54, 1.807) is 0 Å². The summed E-state index contributed by atoms with van der Waals surface area (Å²) in [6, 6.07) is 0. The minimum Gasteiger partial charge on any atom is -0.462 e. The third-order valence-electron chi connectivity index (χ3n) is 12.1. The fraction of sp³-hybridized carbons (Fsp3) is 0.842. The summed E-state index contributed by atoms with van der Waals surface area (Å²) < 4.78 is 16.8. The molecule has 6 nitrogen and oxygen atoms in total. The lowest BCUT2D eigenvalue weighted by molar-refractivity contribution is -0.167. The zero-order valence-corrected chi connectivity index (χ0v) is 42.1. The first-order valence-corrected chi connectivity index (χ1v) is 27.5. The van der Waals surface area contributed by atoms with Crippen molar-refractivity contribution < 1.29 is 28.6 Å². The second-order valence-electron chi connectivity index (χ2n) is 18.5. The van der Waals surface area contributed by atoms with E-state index in [0.717, 1.165) is 57.8 Å². The summed E-state index contributed by atoms with van der Waals surface area (Å²) in [5, 5.41) is 0. The number of carbonyl (C=O) groups excluding carboxylic acids is 3.